The summed E-state index contributed by atoms with van der Waals surface area (Å²) in [5, 5.41) is 53.4. The minimum absolute atomic E-state index is 0.0166. The van der Waals surface area contributed by atoms with Crippen LogP contribution in [0.1, 0.15) is 291 Å². The molecule has 0 unspecified atom stereocenters. The van der Waals surface area contributed by atoms with Crippen molar-refractivity contribution < 1.29 is 30.0 Å². The summed E-state index contributed by atoms with van der Waals surface area (Å²) in [7, 11) is 0. The molecule has 8 nitrogen and oxygen atoms in total. The first kappa shape index (κ1) is 72.7. The predicted octanol–water partition coefficient (Wildman–Crippen LogP) is 25.9. The van der Waals surface area contributed by atoms with Crippen LogP contribution in [0.4, 0.5) is 0 Å². The number of rotatable bonds is 47. The number of unbranched alkanes of at least 4 members (excludes halogenated alkanes) is 28. The summed E-state index contributed by atoms with van der Waals surface area (Å²) in [6.07, 6.45) is 42.8. The van der Waals surface area contributed by atoms with E-state index in [1.54, 1.807) is 34.8 Å². The number of aliphatic imine (C=N–C) groups is 2. The van der Waals surface area contributed by atoms with Crippen LogP contribution >= 0.6 is 54.5 Å². The van der Waals surface area contributed by atoms with E-state index in [2.05, 4.69) is 59.6 Å². The van der Waals surface area contributed by atoms with Crippen LogP contribution < -0.4 is 0 Å². The zero-order valence-corrected chi connectivity index (χ0v) is 58.8. The molecule has 4 aliphatic carbocycles. The molecule has 2 heterocycles. The summed E-state index contributed by atoms with van der Waals surface area (Å²) < 4.78 is 1.86. The number of aromatic carboxylic acids is 2. The molecule has 482 valence electrons. The van der Waals surface area contributed by atoms with E-state index in [0.717, 1.165) is 107 Å². The van der Waals surface area contributed by atoms with Crippen molar-refractivity contribution in [2.45, 2.75) is 259 Å². The fourth-order valence-corrected chi connectivity index (χ4v) is 15.9. The van der Waals surface area contributed by atoms with Crippen LogP contribution in [0.15, 0.2) is 90.4 Å². The topological polar surface area (TPSA) is 140 Å². The number of carbonyl (C=O) groups is 2. The largest absolute Gasteiger partial charge is 0.493 e. The van der Waals surface area contributed by atoms with E-state index < -0.39 is 11.9 Å². The molecular weight excluding hydrogens is 1260 g/mol. The lowest BCUT2D eigenvalue weighted by Crippen LogP contribution is -2.12. The normalized spacial score (nSPS) is 12.3. The van der Waals surface area contributed by atoms with Gasteiger partial charge in [-0.3, -0.25) is 9.98 Å². The maximum atomic E-state index is 14.4. The predicted molar refractivity (Wildman–Crippen MR) is 385 cm³/mol. The van der Waals surface area contributed by atoms with Gasteiger partial charge in [0.1, 0.15) is 0 Å². The lowest BCUT2D eigenvalue weighted by Gasteiger charge is -2.16. The van der Waals surface area contributed by atoms with Gasteiger partial charge in [-0.15, -0.1) is 22.7 Å². The van der Waals surface area contributed by atoms with Crippen LogP contribution in [0.3, 0.4) is 0 Å². The van der Waals surface area contributed by atoms with Crippen molar-refractivity contribution >= 4 is 78.3 Å². The van der Waals surface area contributed by atoms with Gasteiger partial charge in [0.25, 0.3) is 0 Å². The highest BCUT2D eigenvalue weighted by atomic mass is 79.9. The Bertz CT molecular complexity index is 2760. The monoisotopic (exact) mass is 1360 g/mol. The van der Waals surface area contributed by atoms with Crippen LogP contribution in [0.2, 0.25) is 0 Å². The molecule has 0 bridgehead atoms. The number of carboxylic acids is 2. The number of thiophene rings is 2. The average molecular weight is 1370 g/mol. The second-order valence-electron chi connectivity index (χ2n) is 25.1. The SMILES string of the molecule is CCCCCCCCCCC(CCCCCCCCCC)CN=C(O)c1c2ccc(-c3cc(Br)cs3)ccc-2c(C(=O)O)c1-c1c(C(=O)O)c2ccc(-c3cc(Br)cs3)ccc-2c1C(O)=NCC(CCCCCCCCCC)CCCCCCCCCC. The summed E-state index contributed by atoms with van der Waals surface area (Å²) in [5.41, 5.74) is 3.19. The van der Waals surface area contributed by atoms with Gasteiger partial charge in [-0.05, 0) is 115 Å². The van der Waals surface area contributed by atoms with Crippen LogP contribution in [0, 0.1) is 11.8 Å². The van der Waals surface area contributed by atoms with Crippen molar-refractivity contribution in [1.29, 1.82) is 0 Å². The Kier molecular flexibility index (Phi) is 34.0. The number of hydrogen-bond acceptors (Lipinski definition) is 6. The molecule has 0 saturated carbocycles. The smallest absolute Gasteiger partial charge is 0.336 e. The van der Waals surface area contributed by atoms with Crippen LogP contribution in [0.5, 0.6) is 0 Å². The fourth-order valence-electron chi connectivity index (χ4n) is 13.0. The van der Waals surface area contributed by atoms with E-state index in [0.29, 0.717) is 35.3 Å². The molecule has 2 aromatic heterocycles. The Hall–Kier alpha value is -4.36. The van der Waals surface area contributed by atoms with Gasteiger partial charge >= 0.3 is 11.9 Å². The molecular formula is C76H106Br2N2O6S2. The van der Waals surface area contributed by atoms with E-state index in [1.165, 1.54) is 154 Å². The first-order chi connectivity index (χ1) is 42.9. The minimum atomic E-state index is -1.29. The third-order valence-corrected chi connectivity index (χ3v) is 21.5. The van der Waals surface area contributed by atoms with Crippen molar-refractivity contribution in [3.63, 3.8) is 0 Å². The third kappa shape index (κ3) is 23.1. The first-order valence-corrected chi connectivity index (χ1v) is 37.9. The highest BCUT2D eigenvalue weighted by Crippen LogP contribution is 2.51. The van der Waals surface area contributed by atoms with Gasteiger partial charge in [0.15, 0.2) is 0 Å². The highest BCUT2D eigenvalue weighted by molar-refractivity contribution is 9.10. The van der Waals surface area contributed by atoms with Gasteiger partial charge in [-0.25, -0.2) is 9.59 Å². The number of fused-ring (bicyclic) bond motifs is 2. The lowest BCUT2D eigenvalue weighted by atomic mass is 9.93. The average Bonchev–Trinajstić information content (AvgIpc) is 1.90. The Morgan fingerprint density at radius 1 is 0.375 bits per heavy atom. The summed E-state index contributed by atoms with van der Waals surface area (Å²) in [6, 6.07) is 18.9. The minimum Gasteiger partial charge on any atom is -0.493 e. The maximum absolute atomic E-state index is 14.4. The van der Waals surface area contributed by atoms with Crippen LogP contribution in [-0.4, -0.2) is 57.2 Å². The van der Waals surface area contributed by atoms with Gasteiger partial charge in [0.2, 0.25) is 11.8 Å². The number of hydrogen-bond donors (Lipinski definition) is 4. The molecule has 12 heteroatoms. The molecule has 0 saturated heterocycles. The standard InChI is InChI=1S/C76H106Br2N2O6S2/c1-5-9-13-17-21-25-29-33-37-55(38-34-30-26-22-18-14-10-6-2)51-79-73(81)67-61-45-41-57(65-49-59(77)53-87-65)43-47-63(61)69(75(83)84)71(67)72-68(62-46-42-58(66-50-60(78)54-88-66)44-48-64(62)70(72)76(85)86)74(82)80-52-56(39-35-31-27-23-19-15-11-7-3)40-36-32-28-24-20-16-12-8-4/h41-50,53-56H,5-40,51-52H2,1-4H3,(H,79,81)(H,80,82)(H,83,84)(H,85,86). The molecule has 0 spiro atoms. The molecule has 4 N–H and O–H groups in total. The molecule has 6 rings (SSSR count). The van der Waals surface area contributed by atoms with Gasteiger partial charge in [0.05, 0.1) is 22.3 Å². The quantitative estimate of drug-likeness (QED) is 0.0170. The van der Waals surface area contributed by atoms with E-state index in [1.807, 2.05) is 59.3 Å². The van der Waals surface area contributed by atoms with Crippen molar-refractivity contribution in [2.24, 2.45) is 21.8 Å². The second kappa shape index (κ2) is 41.2. The first-order valence-electron chi connectivity index (χ1n) is 34.5. The van der Waals surface area contributed by atoms with E-state index in [9.17, 15) is 30.0 Å². The Balaban J connectivity index is 1.51. The Morgan fingerprint density at radius 2 is 0.625 bits per heavy atom. The summed E-state index contributed by atoms with van der Waals surface area (Å²) in [5.74, 6) is -2.88. The second-order valence-corrected chi connectivity index (χ2v) is 28.8. The maximum Gasteiger partial charge on any atom is 0.336 e. The van der Waals surface area contributed by atoms with Crippen LogP contribution in [0.25, 0.3) is 54.3 Å². The van der Waals surface area contributed by atoms with Crippen LogP contribution in [-0.2, 0) is 0 Å². The fraction of sp³-hybridized carbons (Fsp3) is 0.579. The Morgan fingerprint density at radius 3 is 0.864 bits per heavy atom. The molecule has 0 aromatic carbocycles. The van der Waals surface area contributed by atoms with Crippen molar-refractivity contribution in [3.8, 4) is 54.3 Å². The molecule has 2 aromatic rings. The third-order valence-electron chi connectivity index (χ3n) is 18.1. The summed E-state index contributed by atoms with van der Waals surface area (Å²) in [4.78, 5) is 40.8. The lowest BCUT2D eigenvalue weighted by molar-refractivity contribution is 0.0685. The van der Waals surface area contributed by atoms with Gasteiger partial charge in [-0.1, -0.05) is 282 Å². The number of aliphatic hydroxyl groups excluding tert-OH is 2. The van der Waals surface area contributed by atoms with Crippen molar-refractivity contribution in [3.05, 3.63) is 103 Å². The van der Waals surface area contributed by atoms with E-state index in [-0.39, 0.29) is 57.0 Å². The van der Waals surface area contributed by atoms with Gasteiger partial charge < -0.3 is 20.4 Å². The Labute approximate surface area is 554 Å². The molecule has 0 amide bonds. The zero-order valence-electron chi connectivity index (χ0n) is 54.0. The van der Waals surface area contributed by atoms with Gasteiger partial charge in [-0.2, -0.15) is 0 Å². The number of nitrogens with zero attached hydrogens (tertiary/aromatic N) is 2. The number of carboxylic acid groups (broad SMARTS) is 2. The molecule has 4 aliphatic rings. The number of halogens is 2. The van der Waals surface area contributed by atoms with E-state index >= 15 is 0 Å². The van der Waals surface area contributed by atoms with Crippen molar-refractivity contribution in [2.75, 3.05) is 13.1 Å². The van der Waals surface area contributed by atoms with Gasteiger partial charge in [0, 0.05) is 53.7 Å². The molecule has 88 heavy (non-hydrogen) atoms. The summed E-state index contributed by atoms with van der Waals surface area (Å²) in [6.45, 7) is 9.69. The molecule has 0 fully saturated rings. The molecule has 0 aliphatic heterocycles. The highest BCUT2D eigenvalue weighted by Gasteiger charge is 2.39. The van der Waals surface area contributed by atoms with E-state index in [4.69, 9.17) is 9.98 Å². The van der Waals surface area contributed by atoms with Crippen molar-refractivity contribution in [1.82, 2.24) is 0 Å². The number of aliphatic hydroxyl groups is 2. The molecule has 0 atom stereocenters. The molecule has 0 radical (unpaired) electrons. The zero-order chi connectivity index (χ0) is 62.9. The summed E-state index contributed by atoms with van der Waals surface area (Å²) >= 11 is 10.4.